The molecule has 1 amide bonds. The van der Waals surface area contributed by atoms with Gasteiger partial charge in [-0.3, -0.25) is 14.0 Å². The maximum absolute atomic E-state index is 12.7. The molecule has 1 N–H and O–H groups in total. The summed E-state index contributed by atoms with van der Waals surface area (Å²) in [6, 6.07) is 5.41. The molecule has 3 heterocycles. The van der Waals surface area contributed by atoms with Crippen LogP contribution in [-0.4, -0.2) is 26.4 Å². The Morgan fingerprint density at radius 1 is 1.33 bits per heavy atom. The molecule has 0 fully saturated rings. The quantitative estimate of drug-likeness (QED) is 0.759. The standard InChI is InChI=1S/C19H22N4O4/c1-10-7-13-16(21-23(4)17(13)11(2)26-10)18(24)20-9-12-5-6-15-14(8-12)22(3)19(25)27-15/h5-6,8,10-11H,7,9H2,1-4H3,(H,20,24)/t10-,11+/m1/s1. The Labute approximate surface area is 155 Å². The molecule has 0 bridgehead atoms. The number of fused-ring (bicyclic) bond motifs is 2. The second-order valence-electron chi connectivity index (χ2n) is 7.04. The normalized spacial score (nSPS) is 19.3. The predicted molar refractivity (Wildman–Crippen MR) is 98.5 cm³/mol. The van der Waals surface area contributed by atoms with E-state index >= 15 is 0 Å². The molecule has 2 atom stereocenters. The highest BCUT2D eigenvalue weighted by Gasteiger charge is 2.31. The van der Waals surface area contributed by atoms with Crippen molar-refractivity contribution in [3.8, 4) is 0 Å². The number of benzene rings is 1. The second-order valence-corrected chi connectivity index (χ2v) is 7.04. The average molecular weight is 370 g/mol. The third kappa shape index (κ3) is 2.95. The van der Waals surface area contributed by atoms with Crippen LogP contribution in [0.2, 0.25) is 0 Å². The lowest BCUT2D eigenvalue weighted by molar-refractivity contribution is -0.00903. The van der Waals surface area contributed by atoms with Gasteiger partial charge in [-0.2, -0.15) is 5.10 Å². The largest absolute Gasteiger partial charge is 0.419 e. The van der Waals surface area contributed by atoms with Crippen molar-refractivity contribution < 1.29 is 13.9 Å². The fourth-order valence-corrected chi connectivity index (χ4v) is 3.77. The van der Waals surface area contributed by atoms with Gasteiger partial charge in [-0.05, 0) is 31.5 Å². The van der Waals surface area contributed by atoms with Crippen LogP contribution in [0.25, 0.3) is 11.1 Å². The SMILES string of the molecule is C[C@@H]1Cc2c(C(=O)NCc3ccc4oc(=O)n(C)c4c3)nn(C)c2[C@H](C)O1. The minimum Gasteiger partial charge on any atom is -0.408 e. The van der Waals surface area contributed by atoms with Crippen molar-refractivity contribution in [2.24, 2.45) is 14.1 Å². The van der Waals surface area contributed by atoms with Crippen molar-refractivity contribution in [1.29, 1.82) is 0 Å². The molecule has 3 aromatic rings. The van der Waals surface area contributed by atoms with E-state index in [9.17, 15) is 9.59 Å². The van der Waals surface area contributed by atoms with Crippen LogP contribution in [0.15, 0.2) is 27.4 Å². The number of hydrogen-bond donors (Lipinski definition) is 1. The lowest BCUT2D eigenvalue weighted by Gasteiger charge is -2.26. The molecule has 0 saturated heterocycles. The van der Waals surface area contributed by atoms with E-state index in [1.807, 2.05) is 33.0 Å². The summed E-state index contributed by atoms with van der Waals surface area (Å²) in [6.07, 6.45) is 0.625. The first kappa shape index (κ1) is 17.5. The van der Waals surface area contributed by atoms with Crippen LogP contribution in [0, 0.1) is 0 Å². The zero-order valence-electron chi connectivity index (χ0n) is 15.8. The van der Waals surface area contributed by atoms with Crippen molar-refractivity contribution in [2.75, 3.05) is 0 Å². The predicted octanol–water partition coefficient (Wildman–Crippen LogP) is 1.82. The number of aromatic nitrogens is 3. The molecule has 0 unspecified atom stereocenters. The van der Waals surface area contributed by atoms with Crippen LogP contribution in [0.4, 0.5) is 0 Å². The maximum Gasteiger partial charge on any atom is 0.419 e. The highest BCUT2D eigenvalue weighted by Crippen LogP contribution is 2.31. The summed E-state index contributed by atoms with van der Waals surface area (Å²) >= 11 is 0. The molecule has 8 nitrogen and oxygen atoms in total. The molecule has 2 aromatic heterocycles. The van der Waals surface area contributed by atoms with Gasteiger partial charge in [0.15, 0.2) is 11.3 Å². The van der Waals surface area contributed by atoms with Gasteiger partial charge in [-0.15, -0.1) is 0 Å². The number of carbonyl (C=O) groups excluding carboxylic acids is 1. The zero-order chi connectivity index (χ0) is 19.3. The lowest BCUT2D eigenvalue weighted by Crippen LogP contribution is -2.27. The van der Waals surface area contributed by atoms with Crippen LogP contribution in [0.5, 0.6) is 0 Å². The molecular formula is C19H22N4O4. The number of rotatable bonds is 3. The summed E-state index contributed by atoms with van der Waals surface area (Å²) in [4.78, 5) is 24.3. The van der Waals surface area contributed by atoms with E-state index in [-0.39, 0.29) is 18.1 Å². The van der Waals surface area contributed by atoms with Gasteiger partial charge in [0.1, 0.15) is 0 Å². The Morgan fingerprint density at radius 3 is 2.89 bits per heavy atom. The summed E-state index contributed by atoms with van der Waals surface area (Å²) in [5.41, 5.74) is 4.46. The van der Waals surface area contributed by atoms with E-state index in [0.717, 1.165) is 16.8 Å². The van der Waals surface area contributed by atoms with Crippen LogP contribution in [0.1, 0.15) is 47.3 Å². The number of ether oxygens (including phenoxy) is 1. The summed E-state index contributed by atoms with van der Waals surface area (Å²) in [5, 5.41) is 7.35. The van der Waals surface area contributed by atoms with Gasteiger partial charge < -0.3 is 14.5 Å². The molecule has 1 aliphatic rings. The van der Waals surface area contributed by atoms with Crippen molar-refractivity contribution in [2.45, 2.75) is 39.0 Å². The number of nitrogens with one attached hydrogen (secondary N) is 1. The van der Waals surface area contributed by atoms with Gasteiger partial charge in [0, 0.05) is 32.6 Å². The van der Waals surface area contributed by atoms with Gasteiger partial charge >= 0.3 is 5.76 Å². The van der Waals surface area contributed by atoms with Gasteiger partial charge in [0.05, 0.1) is 23.4 Å². The van der Waals surface area contributed by atoms with E-state index in [0.29, 0.717) is 29.8 Å². The van der Waals surface area contributed by atoms with E-state index < -0.39 is 5.76 Å². The molecule has 4 rings (SSSR count). The number of oxazole rings is 1. The molecule has 0 spiro atoms. The van der Waals surface area contributed by atoms with Crippen molar-refractivity contribution >= 4 is 17.0 Å². The Kier molecular flexibility index (Phi) is 4.15. The zero-order valence-corrected chi connectivity index (χ0v) is 15.8. The Balaban J connectivity index is 1.56. The molecule has 142 valence electrons. The molecule has 0 saturated carbocycles. The highest BCUT2D eigenvalue weighted by molar-refractivity contribution is 5.94. The summed E-state index contributed by atoms with van der Waals surface area (Å²) in [7, 11) is 3.49. The smallest absolute Gasteiger partial charge is 0.408 e. The molecule has 1 aliphatic heterocycles. The van der Waals surface area contributed by atoms with E-state index in [2.05, 4.69) is 10.4 Å². The number of aryl methyl sites for hydroxylation is 2. The maximum atomic E-state index is 12.7. The van der Waals surface area contributed by atoms with Crippen LogP contribution < -0.4 is 11.1 Å². The Morgan fingerprint density at radius 2 is 2.11 bits per heavy atom. The van der Waals surface area contributed by atoms with Crippen molar-refractivity contribution in [3.05, 3.63) is 51.3 Å². The summed E-state index contributed by atoms with van der Waals surface area (Å²) in [6.45, 7) is 4.31. The van der Waals surface area contributed by atoms with Crippen molar-refractivity contribution in [1.82, 2.24) is 19.7 Å². The Bertz CT molecular complexity index is 1090. The first-order valence-corrected chi connectivity index (χ1v) is 8.93. The molecule has 8 heteroatoms. The van der Waals surface area contributed by atoms with Crippen LogP contribution in [-0.2, 0) is 31.8 Å². The highest BCUT2D eigenvalue weighted by atomic mass is 16.5. The first-order chi connectivity index (χ1) is 12.8. The van der Waals surface area contributed by atoms with E-state index in [1.165, 1.54) is 4.57 Å². The van der Waals surface area contributed by atoms with Crippen LogP contribution >= 0.6 is 0 Å². The fraction of sp³-hybridized carbons (Fsp3) is 0.421. The van der Waals surface area contributed by atoms with Gasteiger partial charge in [-0.25, -0.2) is 4.79 Å². The molecule has 0 aliphatic carbocycles. The Hall–Kier alpha value is -2.87. The third-order valence-corrected chi connectivity index (χ3v) is 5.03. The van der Waals surface area contributed by atoms with Crippen molar-refractivity contribution in [3.63, 3.8) is 0 Å². The third-order valence-electron chi connectivity index (χ3n) is 5.03. The number of carbonyl (C=O) groups is 1. The monoisotopic (exact) mass is 370 g/mol. The number of nitrogens with zero attached hydrogens (tertiary/aromatic N) is 3. The fourth-order valence-electron chi connectivity index (χ4n) is 3.77. The van der Waals surface area contributed by atoms with Gasteiger partial charge in [0.2, 0.25) is 0 Å². The number of hydrogen-bond acceptors (Lipinski definition) is 5. The van der Waals surface area contributed by atoms with Gasteiger partial charge in [0.25, 0.3) is 5.91 Å². The molecule has 0 radical (unpaired) electrons. The average Bonchev–Trinajstić information content (AvgIpc) is 3.10. The van der Waals surface area contributed by atoms with E-state index in [1.54, 1.807) is 17.8 Å². The minimum atomic E-state index is -0.406. The topological polar surface area (TPSA) is 91.3 Å². The van der Waals surface area contributed by atoms with Gasteiger partial charge in [-0.1, -0.05) is 6.07 Å². The summed E-state index contributed by atoms with van der Waals surface area (Å²) < 4.78 is 14.1. The molecular weight excluding hydrogens is 348 g/mol. The van der Waals surface area contributed by atoms with Crippen LogP contribution in [0.3, 0.4) is 0 Å². The molecule has 1 aromatic carbocycles. The minimum absolute atomic E-state index is 0.0491. The van der Waals surface area contributed by atoms with E-state index in [4.69, 9.17) is 9.15 Å². The second kappa shape index (κ2) is 6.38. The molecule has 27 heavy (non-hydrogen) atoms. The number of amides is 1. The summed E-state index contributed by atoms with van der Waals surface area (Å²) in [5.74, 6) is -0.619. The lowest BCUT2D eigenvalue weighted by atomic mass is 9.99. The first-order valence-electron chi connectivity index (χ1n) is 8.93.